The van der Waals surface area contributed by atoms with E-state index in [4.69, 9.17) is 15.5 Å². The number of fused-ring (bicyclic) bond motifs is 1. The van der Waals surface area contributed by atoms with E-state index in [1.165, 1.54) is 0 Å². The Hall–Kier alpha value is -3.15. The SMILES string of the molecule is CCOC(=O)c1ccc2c(c1)nc(-c1ccc(C(N)=NC(C)C)cc1)n2C(C)C. The Morgan fingerprint density at radius 3 is 2.34 bits per heavy atom. The van der Waals surface area contributed by atoms with E-state index in [9.17, 15) is 4.79 Å². The lowest BCUT2D eigenvalue weighted by molar-refractivity contribution is 0.0526. The maximum Gasteiger partial charge on any atom is 0.338 e. The highest BCUT2D eigenvalue weighted by Crippen LogP contribution is 2.29. The van der Waals surface area contributed by atoms with Crippen molar-refractivity contribution in [1.29, 1.82) is 0 Å². The van der Waals surface area contributed by atoms with Gasteiger partial charge in [0.25, 0.3) is 0 Å². The molecule has 0 atom stereocenters. The number of aliphatic imine (C=N–C) groups is 1. The van der Waals surface area contributed by atoms with Crippen LogP contribution in [0.5, 0.6) is 0 Å². The first-order valence-electron chi connectivity index (χ1n) is 9.95. The summed E-state index contributed by atoms with van der Waals surface area (Å²) in [7, 11) is 0. The number of carbonyl (C=O) groups is 1. The molecule has 1 aromatic heterocycles. The van der Waals surface area contributed by atoms with E-state index >= 15 is 0 Å². The number of esters is 1. The summed E-state index contributed by atoms with van der Waals surface area (Å²) >= 11 is 0. The molecule has 29 heavy (non-hydrogen) atoms. The second-order valence-electron chi connectivity index (χ2n) is 7.51. The molecule has 0 bridgehead atoms. The number of aromatic nitrogens is 2. The predicted molar refractivity (Wildman–Crippen MR) is 117 cm³/mol. The van der Waals surface area contributed by atoms with Crippen molar-refractivity contribution in [2.45, 2.75) is 46.7 Å². The van der Waals surface area contributed by atoms with E-state index in [0.29, 0.717) is 18.0 Å². The molecule has 1 heterocycles. The highest BCUT2D eigenvalue weighted by molar-refractivity contribution is 5.98. The van der Waals surface area contributed by atoms with Crippen molar-refractivity contribution in [3.05, 3.63) is 53.6 Å². The summed E-state index contributed by atoms with van der Waals surface area (Å²) in [5.74, 6) is 1.05. The third-order valence-corrected chi connectivity index (χ3v) is 4.55. The number of rotatable bonds is 6. The Kier molecular flexibility index (Phi) is 6.01. The summed E-state index contributed by atoms with van der Waals surface area (Å²) in [5, 5.41) is 0. The van der Waals surface area contributed by atoms with Gasteiger partial charge in [0.15, 0.2) is 0 Å². The van der Waals surface area contributed by atoms with Crippen molar-refractivity contribution in [3.63, 3.8) is 0 Å². The number of imidazole rings is 1. The monoisotopic (exact) mass is 392 g/mol. The second-order valence-corrected chi connectivity index (χ2v) is 7.51. The van der Waals surface area contributed by atoms with Gasteiger partial charge in [0.2, 0.25) is 0 Å². The van der Waals surface area contributed by atoms with Gasteiger partial charge in [0.1, 0.15) is 11.7 Å². The Labute approximate surface area is 171 Å². The van der Waals surface area contributed by atoms with Crippen molar-refractivity contribution < 1.29 is 9.53 Å². The lowest BCUT2D eigenvalue weighted by Gasteiger charge is -2.13. The van der Waals surface area contributed by atoms with Crippen LogP contribution < -0.4 is 5.73 Å². The standard InChI is InChI=1S/C23H28N4O2/c1-6-29-23(28)18-11-12-20-19(13-18)26-22(27(20)15(4)5)17-9-7-16(8-10-17)21(24)25-14(2)3/h7-15H,6H2,1-5H3,(H2,24,25). The van der Waals surface area contributed by atoms with Gasteiger partial charge < -0.3 is 15.0 Å². The molecule has 6 heteroatoms. The maximum absolute atomic E-state index is 12.1. The summed E-state index contributed by atoms with van der Waals surface area (Å²) in [4.78, 5) is 21.3. The smallest absolute Gasteiger partial charge is 0.338 e. The topological polar surface area (TPSA) is 82.5 Å². The molecule has 0 fully saturated rings. The first kappa shape index (κ1) is 20.6. The number of ether oxygens (including phenoxy) is 1. The third kappa shape index (κ3) is 4.31. The fourth-order valence-electron chi connectivity index (χ4n) is 3.31. The molecule has 0 unspecified atom stereocenters. The number of hydrogen-bond donors (Lipinski definition) is 1. The molecule has 3 rings (SSSR count). The van der Waals surface area contributed by atoms with E-state index in [1.54, 1.807) is 19.1 Å². The number of nitrogens with zero attached hydrogens (tertiary/aromatic N) is 3. The number of amidine groups is 1. The summed E-state index contributed by atoms with van der Waals surface area (Å²) < 4.78 is 7.28. The maximum atomic E-state index is 12.1. The van der Waals surface area contributed by atoms with Crippen LogP contribution in [0.25, 0.3) is 22.4 Å². The van der Waals surface area contributed by atoms with Crippen LogP contribution in [0.4, 0.5) is 0 Å². The number of benzene rings is 2. The number of nitrogens with two attached hydrogens (primary N) is 1. The van der Waals surface area contributed by atoms with Crippen molar-refractivity contribution in [3.8, 4) is 11.4 Å². The fraction of sp³-hybridized carbons (Fsp3) is 0.348. The molecule has 0 spiro atoms. The minimum Gasteiger partial charge on any atom is -0.462 e. The van der Waals surface area contributed by atoms with Crippen LogP contribution in [0.2, 0.25) is 0 Å². The van der Waals surface area contributed by atoms with Crippen LogP contribution in [0.15, 0.2) is 47.5 Å². The van der Waals surface area contributed by atoms with E-state index in [2.05, 4.69) is 23.4 Å². The average molecular weight is 393 g/mol. The molecular formula is C23H28N4O2. The lowest BCUT2D eigenvalue weighted by atomic mass is 10.1. The minimum atomic E-state index is -0.334. The van der Waals surface area contributed by atoms with E-state index < -0.39 is 0 Å². The number of carbonyl (C=O) groups excluding carboxylic acids is 1. The molecular weight excluding hydrogens is 364 g/mol. The quantitative estimate of drug-likeness (QED) is 0.378. The molecule has 0 amide bonds. The van der Waals surface area contributed by atoms with E-state index in [1.807, 2.05) is 44.2 Å². The van der Waals surface area contributed by atoms with Crippen LogP contribution in [0, 0.1) is 0 Å². The molecule has 2 aromatic carbocycles. The highest BCUT2D eigenvalue weighted by Gasteiger charge is 2.17. The van der Waals surface area contributed by atoms with Crippen LogP contribution in [0.3, 0.4) is 0 Å². The van der Waals surface area contributed by atoms with Crippen molar-refractivity contribution >= 4 is 22.8 Å². The van der Waals surface area contributed by atoms with Crippen LogP contribution >= 0.6 is 0 Å². The molecule has 0 saturated carbocycles. The summed E-state index contributed by atoms with van der Waals surface area (Å²) in [5.41, 5.74) is 10.2. The molecule has 152 valence electrons. The van der Waals surface area contributed by atoms with Crippen molar-refractivity contribution in [2.24, 2.45) is 10.7 Å². The molecule has 2 N–H and O–H groups in total. The first-order chi connectivity index (χ1) is 13.8. The summed E-state index contributed by atoms with van der Waals surface area (Å²) in [6.45, 7) is 10.4. The lowest BCUT2D eigenvalue weighted by Crippen LogP contribution is -2.15. The van der Waals surface area contributed by atoms with Gasteiger partial charge >= 0.3 is 5.97 Å². The Morgan fingerprint density at radius 2 is 1.76 bits per heavy atom. The van der Waals surface area contributed by atoms with Gasteiger partial charge in [-0.05, 0) is 52.8 Å². The Morgan fingerprint density at radius 1 is 1.10 bits per heavy atom. The zero-order valence-corrected chi connectivity index (χ0v) is 17.6. The van der Waals surface area contributed by atoms with Gasteiger partial charge in [0, 0.05) is 23.2 Å². The number of hydrogen-bond acceptors (Lipinski definition) is 4. The summed E-state index contributed by atoms with van der Waals surface area (Å²) in [6, 6.07) is 13.8. The normalized spacial score (nSPS) is 12.2. The van der Waals surface area contributed by atoms with Gasteiger partial charge in [-0.3, -0.25) is 4.99 Å². The molecule has 0 aliphatic carbocycles. The first-order valence-corrected chi connectivity index (χ1v) is 9.95. The van der Waals surface area contributed by atoms with E-state index in [-0.39, 0.29) is 18.1 Å². The molecule has 0 radical (unpaired) electrons. The Bertz CT molecular complexity index is 1050. The molecule has 0 saturated heterocycles. The second kappa shape index (κ2) is 8.47. The van der Waals surface area contributed by atoms with Crippen LogP contribution in [0.1, 0.15) is 56.6 Å². The third-order valence-electron chi connectivity index (χ3n) is 4.55. The zero-order chi connectivity index (χ0) is 21.1. The van der Waals surface area contributed by atoms with Crippen molar-refractivity contribution in [1.82, 2.24) is 9.55 Å². The van der Waals surface area contributed by atoms with Crippen molar-refractivity contribution in [2.75, 3.05) is 6.61 Å². The van der Waals surface area contributed by atoms with Gasteiger partial charge in [-0.25, -0.2) is 9.78 Å². The Balaban J connectivity index is 2.06. The molecule has 3 aromatic rings. The van der Waals surface area contributed by atoms with Crippen LogP contribution in [-0.2, 0) is 4.74 Å². The van der Waals surface area contributed by atoms with Crippen LogP contribution in [-0.4, -0.2) is 34.0 Å². The highest BCUT2D eigenvalue weighted by atomic mass is 16.5. The molecule has 0 aliphatic heterocycles. The van der Waals surface area contributed by atoms with E-state index in [0.717, 1.165) is 28.0 Å². The fourth-order valence-corrected chi connectivity index (χ4v) is 3.31. The average Bonchev–Trinajstić information content (AvgIpc) is 3.06. The molecule has 0 aliphatic rings. The minimum absolute atomic E-state index is 0.147. The van der Waals surface area contributed by atoms with Gasteiger partial charge in [-0.2, -0.15) is 0 Å². The van der Waals surface area contributed by atoms with Gasteiger partial charge in [-0.1, -0.05) is 24.3 Å². The molecule has 6 nitrogen and oxygen atoms in total. The van der Waals surface area contributed by atoms with Gasteiger partial charge in [0.05, 0.1) is 23.2 Å². The van der Waals surface area contributed by atoms with Gasteiger partial charge in [-0.15, -0.1) is 0 Å². The zero-order valence-electron chi connectivity index (χ0n) is 17.6. The largest absolute Gasteiger partial charge is 0.462 e. The summed E-state index contributed by atoms with van der Waals surface area (Å²) in [6.07, 6.45) is 0. The predicted octanol–water partition coefficient (Wildman–Crippen LogP) is 4.57.